The molecule has 8 nitrogen and oxygen atoms in total. The molecule has 1 atom stereocenters. The van der Waals surface area contributed by atoms with E-state index in [0.717, 1.165) is 37.4 Å². The van der Waals surface area contributed by atoms with Gasteiger partial charge in [0.1, 0.15) is 11.4 Å². The van der Waals surface area contributed by atoms with Crippen LogP contribution in [0.2, 0.25) is 0 Å². The van der Waals surface area contributed by atoms with Gasteiger partial charge in [-0.25, -0.2) is 14.5 Å². The van der Waals surface area contributed by atoms with E-state index in [2.05, 4.69) is 25.0 Å². The minimum atomic E-state index is -0.0884. The molecule has 0 spiro atoms. The lowest BCUT2D eigenvalue weighted by Crippen LogP contribution is -2.35. The van der Waals surface area contributed by atoms with E-state index < -0.39 is 0 Å². The molecule has 0 aromatic carbocycles. The molecule has 26 heavy (non-hydrogen) atoms. The number of fused-ring (bicyclic) bond motifs is 1. The first-order chi connectivity index (χ1) is 12.6. The molecule has 1 saturated heterocycles. The fraction of sp³-hybridized carbons (Fsp3) is 0.389. The number of aromatic nitrogens is 5. The van der Waals surface area contributed by atoms with Crippen LogP contribution in [0, 0.1) is 0 Å². The second-order valence-corrected chi connectivity index (χ2v) is 6.71. The number of nitrogens with zero attached hydrogens (tertiary/aromatic N) is 7. The monoisotopic (exact) mass is 351 g/mol. The second kappa shape index (κ2) is 6.70. The number of carbonyl (C=O) groups excluding carboxylic acids is 1. The van der Waals surface area contributed by atoms with E-state index in [9.17, 15) is 4.79 Å². The molecule has 4 heterocycles. The lowest BCUT2D eigenvalue weighted by molar-refractivity contribution is 0.0829. The molecule has 134 valence electrons. The summed E-state index contributed by atoms with van der Waals surface area (Å²) in [6.45, 7) is 1.81. The van der Waals surface area contributed by atoms with Crippen molar-refractivity contribution < 1.29 is 4.79 Å². The SMILES string of the molecule is CN(C)C(=O)c1cnn2c([C@H]3CCCN(c4cnccn4)C3)ccnc12. The Bertz CT molecular complexity index is 922. The van der Waals surface area contributed by atoms with Crippen molar-refractivity contribution in [1.82, 2.24) is 29.5 Å². The van der Waals surface area contributed by atoms with Crippen LogP contribution in [-0.2, 0) is 0 Å². The van der Waals surface area contributed by atoms with E-state index in [1.165, 1.54) is 0 Å². The maximum absolute atomic E-state index is 12.4. The van der Waals surface area contributed by atoms with Gasteiger partial charge in [-0.3, -0.25) is 9.78 Å². The highest BCUT2D eigenvalue weighted by Gasteiger charge is 2.26. The van der Waals surface area contributed by atoms with Gasteiger partial charge in [0, 0.05) is 51.7 Å². The highest BCUT2D eigenvalue weighted by Crippen LogP contribution is 2.29. The molecule has 1 fully saturated rings. The van der Waals surface area contributed by atoms with E-state index in [1.807, 2.05) is 10.6 Å². The van der Waals surface area contributed by atoms with Crippen LogP contribution in [0.5, 0.6) is 0 Å². The Hall–Kier alpha value is -3.03. The van der Waals surface area contributed by atoms with E-state index in [-0.39, 0.29) is 5.91 Å². The molecule has 4 rings (SSSR count). The van der Waals surface area contributed by atoms with Gasteiger partial charge in [-0.05, 0) is 18.9 Å². The summed E-state index contributed by atoms with van der Waals surface area (Å²) in [6.07, 6.45) is 10.7. The van der Waals surface area contributed by atoms with Crippen molar-refractivity contribution in [2.24, 2.45) is 0 Å². The molecule has 1 aliphatic rings. The van der Waals surface area contributed by atoms with Crippen molar-refractivity contribution in [3.05, 3.63) is 48.3 Å². The van der Waals surface area contributed by atoms with Crippen LogP contribution in [0.4, 0.5) is 5.82 Å². The van der Waals surface area contributed by atoms with Gasteiger partial charge in [-0.2, -0.15) is 5.10 Å². The molecule has 1 amide bonds. The Morgan fingerprint density at radius 3 is 2.85 bits per heavy atom. The summed E-state index contributed by atoms with van der Waals surface area (Å²) in [7, 11) is 3.46. The third-order valence-corrected chi connectivity index (χ3v) is 4.78. The number of hydrogen-bond donors (Lipinski definition) is 0. The normalized spacial score (nSPS) is 17.5. The maximum atomic E-state index is 12.4. The number of piperidine rings is 1. The summed E-state index contributed by atoms with van der Waals surface area (Å²) in [5, 5.41) is 4.46. The topological polar surface area (TPSA) is 79.5 Å². The average Bonchev–Trinajstić information content (AvgIpc) is 3.12. The van der Waals surface area contributed by atoms with Gasteiger partial charge in [-0.15, -0.1) is 0 Å². The Balaban J connectivity index is 1.67. The summed E-state index contributed by atoms with van der Waals surface area (Å²) in [6, 6.07) is 1.99. The smallest absolute Gasteiger partial charge is 0.258 e. The van der Waals surface area contributed by atoms with Crippen LogP contribution < -0.4 is 4.90 Å². The fourth-order valence-electron chi connectivity index (χ4n) is 3.49. The van der Waals surface area contributed by atoms with E-state index in [1.54, 1.807) is 50.0 Å². The summed E-state index contributed by atoms with van der Waals surface area (Å²) in [5.74, 6) is 1.10. The third kappa shape index (κ3) is 2.87. The zero-order chi connectivity index (χ0) is 18.1. The van der Waals surface area contributed by atoms with Crippen LogP contribution in [0.15, 0.2) is 37.1 Å². The summed E-state index contributed by atoms with van der Waals surface area (Å²) in [5.41, 5.74) is 2.21. The van der Waals surface area contributed by atoms with Gasteiger partial charge in [0.2, 0.25) is 0 Å². The molecule has 1 aliphatic heterocycles. The summed E-state index contributed by atoms with van der Waals surface area (Å²) in [4.78, 5) is 29.1. The maximum Gasteiger partial charge on any atom is 0.258 e. The first-order valence-electron chi connectivity index (χ1n) is 8.70. The van der Waals surface area contributed by atoms with Gasteiger partial charge in [-0.1, -0.05) is 0 Å². The van der Waals surface area contributed by atoms with Crippen LogP contribution in [-0.4, -0.2) is 62.6 Å². The van der Waals surface area contributed by atoms with Crippen molar-refractivity contribution in [2.45, 2.75) is 18.8 Å². The first kappa shape index (κ1) is 16.4. The van der Waals surface area contributed by atoms with Crippen molar-refractivity contribution in [1.29, 1.82) is 0 Å². The van der Waals surface area contributed by atoms with Crippen LogP contribution >= 0.6 is 0 Å². The van der Waals surface area contributed by atoms with Crippen molar-refractivity contribution in [2.75, 3.05) is 32.1 Å². The van der Waals surface area contributed by atoms with Gasteiger partial charge < -0.3 is 9.80 Å². The average molecular weight is 351 g/mol. The quantitative estimate of drug-likeness (QED) is 0.713. The molecule has 0 bridgehead atoms. The molecule has 0 saturated carbocycles. The molecular formula is C18H21N7O. The number of rotatable bonds is 3. The Labute approximate surface area is 151 Å². The lowest BCUT2D eigenvalue weighted by Gasteiger charge is -2.33. The number of amides is 1. The van der Waals surface area contributed by atoms with Crippen LogP contribution in [0.3, 0.4) is 0 Å². The molecule has 3 aromatic rings. The Morgan fingerprint density at radius 1 is 1.19 bits per heavy atom. The highest BCUT2D eigenvalue weighted by molar-refractivity contribution is 5.99. The van der Waals surface area contributed by atoms with Crippen LogP contribution in [0.25, 0.3) is 5.65 Å². The number of hydrogen-bond acceptors (Lipinski definition) is 6. The van der Waals surface area contributed by atoms with Crippen molar-refractivity contribution in [3.63, 3.8) is 0 Å². The van der Waals surface area contributed by atoms with Crippen LogP contribution in [0.1, 0.15) is 34.8 Å². The molecule has 0 radical (unpaired) electrons. The Kier molecular flexibility index (Phi) is 4.24. The highest BCUT2D eigenvalue weighted by atomic mass is 16.2. The van der Waals surface area contributed by atoms with Gasteiger partial charge >= 0.3 is 0 Å². The minimum Gasteiger partial charge on any atom is -0.355 e. The molecule has 0 N–H and O–H groups in total. The standard InChI is InChI=1S/C18H21N7O/c1-23(2)18(26)14-10-22-25-15(5-6-21-17(14)25)13-4-3-9-24(12-13)16-11-19-7-8-20-16/h5-8,10-11,13H,3-4,9,12H2,1-2H3/t13-/m0/s1. The molecular weight excluding hydrogens is 330 g/mol. The molecule has 0 aliphatic carbocycles. The summed E-state index contributed by atoms with van der Waals surface area (Å²) >= 11 is 0. The minimum absolute atomic E-state index is 0.0884. The summed E-state index contributed by atoms with van der Waals surface area (Å²) < 4.78 is 1.81. The number of carbonyl (C=O) groups is 1. The molecule has 0 unspecified atom stereocenters. The fourth-order valence-corrected chi connectivity index (χ4v) is 3.49. The van der Waals surface area contributed by atoms with E-state index in [4.69, 9.17) is 0 Å². The predicted octanol–water partition coefficient (Wildman–Crippen LogP) is 1.61. The first-order valence-corrected chi connectivity index (χ1v) is 8.70. The van der Waals surface area contributed by atoms with Crippen molar-refractivity contribution >= 4 is 17.4 Å². The van der Waals surface area contributed by atoms with E-state index >= 15 is 0 Å². The third-order valence-electron chi connectivity index (χ3n) is 4.78. The van der Waals surface area contributed by atoms with Gasteiger partial charge in [0.15, 0.2) is 5.65 Å². The molecule has 3 aromatic heterocycles. The Morgan fingerprint density at radius 2 is 2.08 bits per heavy atom. The van der Waals surface area contributed by atoms with Gasteiger partial charge in [0.25, 0.3) is 5.91 Å². The van der Waals surface area contributed by atoms with Crippen molar-refractivity contribution in [3.8, 4) is 0 Å². The zero-order valence-electron chi connectivity index (χ0n) is 14.9. The number of anilines is 1. The zero-order valence-corrected chi connectivity index (χ0v) is 14.9. The van der Waals surface area contributed by atoms with E-state index in [0.29, 0.717) is 17.1 Å². The largest absolute Gasteiger partial charge is 0.355 e. The lowest BCUT2D eigenvalue weighted by atomic mass is 9.94. The molecule has 8 heteroatoms. The van der Waals surface area contributed by atoms with Gasteiger partial charge in [0.05, 0.1) is 18.1 Å². The second-order valence-electron chi connectivity index (χ2n) is 6.71. The predicted molar refractivity (Wildman–Crippen MR) is 97.2 cm³/mol.